The smallest absolute Gasteiger partial charge is 0.207 e. The van der Waals surface area contributed by atoms with E-state index in [1.54, 1.807) is 19.1 Å². The first-order valence-corrected chi connectivity index (χ1v) is 7.00. The maximum absolute atomic E-state index is 12.7. The van der Waals surface area contributed by atoms with Crippen LogP contribution in [0.1, 0.15) is 11.4 Å². The van der Waals surface area contributed by atoms with Gasteiger partial charge in [-0.25, -0.2) is 17.5 Å². The monoisotopic (exact) mass is 281 g/mol. The summed E-state index contributed by atoms with van der Waals surface area (Å²) in [6, 6.07) is 8.04. The average molecular weight is 281 g/mol. The summed E-state index contributed by atoms with van der Waals surface area (Å²) in [7, 11) is -3.67. The first-order valence-electron chi connectivity index (χ1n) is 5.52. The number of halogens is 1. The van der Waals surface area contributed by atoms with Crippen LogP contribution < -0.4 is 4.72 Å². The zero-order valence-corrected chi connectivity index (χ0v) is 11.0. The second-order valence-electron chi connectivity index (χ2n) is 3.94. The summed E-state index contributed by atoms with van der Waals surface area (Å²) >= 11 is 0. The zero-order chi connectivity index (χ0) is 13.9. The normalized spacial score (nSPS) is 11.5. The number of sulfonamides is 1. The Morgan fingerprint density at radius 1 is 1.11 bits per heavy atom. The lowest BCUT2D eigenvalue weighted by Crippen LogP contribution is -2.23. The molecule has 0 saturated heterocycles. The van der Waals surface area contributed by atoms with Crippen molar-refractivity contribution >= 4 is 10.0 Å². The molecule has 0 spiro atoms. The third kappa shape index (κ3) is 3.55. The highest BCUT2D eigenvalue weighted by atomic mass is 32.2. The van der Waals surface area contributed by atoms with E-state index in [0.29, 0.717) is 5.69 Å². The van der Waals surface area contributed by atoms with Gasteiger partial charge in [0.05, 0.1) is 22.8 Å². The van der Waals surface area contributed by atoms with Gasteiger partial charge in [-0.05, 0) is 43.3 Å². The molecular formula is C12H12FN3O2S. The van der Waals surface area contributed by atoms with Gasteiger partial charge in [-0.2, -0.15) is 10.2 Å². The molecule has 19 heavy (non-hydrogen) atoms. The average Bonchev–Trinajstić information content (AvgIpc) is 2.39. The minimum atomic E-state index is -3.67. The second kappa shape index (κ2) is 5.41. The number of aryl methyl sites for hydroxylation is 1. The Kier molecular flexibility index (Phi) is 3.87. The van der Waals surface area contributed by atoms with Crippen molar-refractivity contribution in [2.75, 3.05) is 0 Å². The van der Waals surface area contributed by atoms with Crippen molar-refractivity contribution in [3.05, 3.63) is 53.6 Å². The standard InChI is InChI=1S/C12H12FN3O2S/c1-9-2-5-11(16-15-9)8-14-19(17,18)12-6-3-10(13)4-7-12/h2-7,14H,8H2,1H3. The molecule has 0 radical (unpaired) electrons. The molecule has 0 saturated carbocycles. The van der Waals surface area contributed by atoms with Crippen molar-refractivity contribution < 1.29 is 12.8 Å². The first kappa shape index (κ1) is 13.6. The van der Waals surface area contributed by atoms with E-state index in [4.69, 9.17) is 0 Å². The van der Waals surface area contributed by atoms with Crippen molar-refractivity contribution in [3.8, 4) is 0 Å². The Balaban J connectivity index is 2.09. The van der Waals surface area contributed by atoms with E-state index in [0.717, 1.165) is 17.8 Å². The fourth-order valence-corrected chi connectivity index (χ4v) is 2.39. The van der Waals surface area contributed by atoms with E-state index >= 15 is 0 Å². The summed E-state index contributed by atoms with van der Waals surface area (Å²) in [6.45, 7) is 1.83. The van der Waals surface area contributed by atoms with Crippen LogP contribution in [0.3, 0.4) is 0 Å². The Labute approximate surface area is 110 Å². The molecular weight excluding hydrogens is 269 g/mol. The summed E-state index contributed by atoms with van der Waals surface area (Å²) in [5, 5.41) is 7.68. The molecule has 5 nitrogen and oxygen atoms in total. The molecule has 7 heteroatoms. The fraction of sp³-hybridized carbons (Fsp3) is 0.167. The summed E-state index contributed by atoms with van der Waals surface area (Å²) in [5.41, 5.74) is 1.27. The Morgan fingerprint density at radius 3 is 2.37 bits per heavy atom. The third-order valence-corrected chi connectivity index (χ3v) is 3.84. The van der Waals surface area contributed by atoms with Crippen molar-refractivity contribution in [1.82, 2.24) is 14.9 Å². The molecule has 0 amide bonds. The van der Waals surface area contributed by atoms with Crippen LogP contribution in [0.15, 0.2) is 41.3 Å². The minimum Gasteiger partial charge on any atom is -0.207 e. The molecule has 1 N–H and O–H groups in total. The number of nitrogens with zero attached hydrogens (tertiary/aromatic N) is 2. The predicted octanol–water partition coefficient (Wildman–Crippen LogP) is 1.40. The number of aromatic nitrogens is 2. The maximum atomic E-state index is 12.7. The van der Waals surface area contributed by atoms with E-state index in [9.17, 15) is 12.8 Å². The van der Waals surface area contributed by atoms with Crippen molar-refractivity contribution in [1.29, 1.82) is 0 Å². The Hall–Kier alpha value is -1.86. The largest absolute Gasteiger partial charge is 0.240 e. The van der Waals surface area contributed by atoms with Crippen LogP contribution in [-0.4, -0.2) is 18.6 Å². The Morgan fingerprint density at radius 2 is 1.79 bits per heavy atom. The van der Waals surface area contributed by atoms with E-state index in [-0.39, 0.29) is 11.4 Å². The highest BCUT2D eigenvalue weighted by Crippen LogP contribution is 2.10. The minimum absolute atomic E-state index is 0.00831. The Bertz CT molecular complexity index is 654. The van der Waals surface area contributed by atoms with Crippen LogP contribution >= 0.6 is 0 Å². The van der Waals surface area contributed by atoms with Crippen molar-refractivity contribution in [3.63, 3.8) is 0 Å². The lowest BCUT2D eigenvalue weighted by Gasteiger charge is -2.06. The first-order chi connectivity index (χ1) is 8.97. The van der Waals surface area contributed by atoms with Gasteiger partial charge in [0.25, 0.3) is 0 Å². The molecule has 0 aliphatic heterocycles. The zero-order valence-electron chi connectivity index (χ0n) is 10.2. The van der Waals surface area contributed by atoms with Crippen LogP contribution in [0.4, 0.5) is 4.39 Å². The molecule has 1 aromatic carbocycles. The van der Waals surface area contributed by atoms with E-state index < -0.39 is 15.8 Å². The molecule has 0 aliphatic rings. The van der Waals surface area contributed by atoms with Gasteiger partial charge < -0.3 is 0 Å². The maximum Gasteiger partial charge on any atom is 0.240 e. The van der Waals surface area contributed by atoms with E-state index in [2.05, 4.69) is 14.9 Å². The van der Waals surface area contributed by atoms with Crippen LogP contribution in [-0.2, 0) is 16.6 Å². The number of hydrogen-bond donors (Lipinski definition) is 1. The molecule has 0 bridgehead atoms. The topological polar surface area (TPSA) is 72.0 Å². The molecule has 0 aliphatic carbocycles. The molecule has 2 aromatic rings. The van der Waals surface area contributed by atoms with Gasteiger partial charge in [0.1, 0.15) is 5.82 Å². The van der Waals surface area contributed by atoms with Crippen LogP contribution in [0.5, 0.6) is 0 Å². The highest BCUT2D eigenvalue weighted by Gasteiger charge is 2.13. The van der Waals surface area contributed by atoms with E-state index in [1.807, 2.05) is 0 Å². The van der Waals surface area contributed by atoms with Gasteiger partial charge in [-0.1, -0.05) is 0 Å². The van der Waals surface area contributed by atoms with Crippen molar-refractivity contribution in [2.24, 2.45) is 0 Å². The number of rotatable bonds is 4. The second-order valence-corrected chi connectivity index (χ2v) is 5.71. The SMILES string of the molecule is Cc1ccc(CNS(=O)(=O)c2ccc(F)cc2)nn1. The predicted molar refractivity (Wildman–Crippen MR) is 67.2 cm³/mol. The van der Waals surface area contributed by atoms with Gasteiger partial charge in [-0.3, -0.25) is 0 Å². The fourth-order valence-electron chi connectivity index (χ4n) is 1.39. The number of hydrogen-bond acceptors (Lipinski definition) is 4. The quantitative estimate of drug-likeness (QED) is 0.919. The highest BCUT2D eigenvalue weighted by molar-refractivity contribution is 7.89. The third-order valence-electron chi connectivity index (χ3n) is 2.42. The molecule has 1 aromatic heterocycles. The van der Waals surface area contributed by atoms with Crippen LogP contribution in [0, 0.1) is 12.7 Å². The molecule has 1 heterocycles. The lowest BCUT2D eigenvalue weighted by atomic mass is 10.3. The molecule has 100 valence electrons. The lowest BCUT2D eigenvalue weighted by molar-refractivity contribution is 0.579. The molecule has 0 fully saturated rings. The molecule has 2 rings (SSSR count). The summed E-state index contributed by atoms with van der Waals surface area (Å²) in [6.07, 6.45) is 0. The molecule has 0 atom stereocenters. The van der Waals surface area contributed by atoms with Crippen LogP contribution in [0.25, 0.3) is 0 Å². The van der Waals surface area contributed by atoms with Crippen LogP contribution in [0.2, 0.25) is 0 Å². The van der Waals surface area contributed by atoms with Gasteiger partial charge in [-0.15, -0.1) is 0 Å². The van der Waals surface area contributed by atoms with Crippen molar-refractivity contribution in [2.45, 2.75) is 18.4 Å². The van der Waals surface area contributed by atoms with Gasteiger partial charge in [0.15, 0.2) is 0 Å². The summed E-state index contributed by atoms with van der Waals surface area (Å²) in [5.74, 6) is -0.483. The summed E-state index contributed by atoms with van der Waals surface area (Å²) < 4.78 is 38.9. The van der Waals surface area contributed by atoms with Gasteiger partial charge in [0, 0.05) is 0 Å². The van der Waals surface area contributed by atoms with Gasteiger partial charge in [0.2, 0.25) is 10.0 Å². The number of benzene rings is 1. The van der Waals surface area contributed by atoms with Gasteiger partial charge >= 0.3 is 0 Å². The van der Waals surface area contributed by atoms with E-state index in [1.165, 1.54) is 12.1 Å². The molecule has 0 unspecified atom stereocenters. The summed E-state index contributed by atoms with van der Waals surface area (Å²) in [4.78, 5) is 0.00831. The number of nitrogens with one attached hydrogen (secondary N) is 1.